The molecule has 0 saturated carbocycles. The van der Waals surface area contributed by atoms with Gasteiger partial charge in [0, 0.05) is 26.1 Å². The molecule has 4 nitrogen and oxygen atoms in total. The fourth-order valence-corrected chi connectivity index (χ4v) is 4.46. The first-order valence-electron chi connectivity index (χ1n) is 6.73. The first-order valence-corrected chi connectivity index (χ1v) is 8.71. The van der Waals surface area contributed by atoms with Crippen LogP contribution in [0, 0.1) is 0 Å². The van der Waals surface area contributed by atoms with Crippen molar-refractivity contribution in [3.05, 3.63) is 29.3 Å². The molecule has 1 atom stereocenters. The van der Waals surface area contributed by atoms with E-state index < -0.39 is 10.0 Å². The van der Waals surface area contributed by atoms with Crippen LogP contribution in [-0.2, 0) is 27.1 Å². The Labute approximate surface area is 125 Å². The number of benzene rings is 1. The number of alkyl halides is 1. The molecule has 0 radical (unpaired) electrons. The molecule has 0 aromatic heterocycles. The summed E-state index contributed by atoms with van der Waals surface area (Å²) in [5.41, 5.74) is 1.66. The molecule has 1 fully saturated rings. The Morgan fingerprint density at radius 2 is 2.20 bits per heavy atom. The van der Waals surface area contributed by atoms with Crippen LogP contribution in [-0.4, -0.2) is 39.0 Å². The van der Waals surface area contributed by atoms with E-state index in [0.29, 0.717) is 30.3 Å². The van der Waals surface area contributed by atoms with E-state index in [0.717, 1.165) is 17.5 Å². The summed E-state index contributed by atoms with van der Waals surface area (Å²) < 4.78 is 32.3. The summed E-state index contributed by atoms with van der Waals surface area (Å²) in [7, 11) is -1.84. The minimum absolute atomic E-state index is 0.00828. The average Bonchev–Trinajstić information content (AvgIpc) is 2.96. The summed E-state index contributed by atoms with van der Waals surface area (Å²) >= 11 is 5.82. The van der Waals surface area contributed by atoms with Crippen LogP contribution in [0.15, 0.2) is 23.1 Å². The molecule has 20 heavy (non-hydrogen) atoms. The van der Waals surface area contributed by atoms with Crippen molar-refractivity contribution >= 4 is 21.6 Å². The van der Waals surface area contributed by atoms with Crippen LogP contribution in [0.25, 0.3) is 0 Å². The number of hydrogen-bond acceptors (Lipinski definition) is 3. The second-order valence-electron chi connectivity index (χ2n) is 4.94. The first kappa shape index (κ1) is 15.8. The fourth-order valence-electron chi connectivity index (χ4n) is 2.46. The van der Waals surface area contributed by atoms with Crippen molar-refractivity contribution in [3.63, 3.8) is 0 Å². The van der Waals surface area contributed by atoms with Crippen LogP contribution < -0.4 is 0 Å². The topological polar surface area (TPSA) is 46.6 Å². The maximum atomic E-state index is 12.8. The maximum Gasteiger partial charge on any atom is 0.243 e. The Balaban J connectivity index is 2.38. The lowest BCUT2D eigenvalue weighted by Crippen LogP contribution is -2.30. The van der Waals surface area contributed by atoms with Gasteiger partial charge in [-0.15, -0.1) is 11.6 Å². The Hall–Kier alpha value is -0.620. The smallest absolute Gasteiger partial charge is 0.243 e. The minimum Gasteiger partial charge on any atom is -0.380 e. The number of nitrogens with zero attached hydrogens (tertiary/aromatic N) is 1. The number of methoxy groups -OCH3 is 1. The van der Waals surface area contributed by atoms with Crippen molar-refractivity contribution in [2.24, 2.45) is 0 Å². The highest BCUT2D eigenvalue weighted by Crippen LogP contribution is 2.26. The normalized spacial score (nSPS) is 20.4. The zero-order valence-electron chi connectivity index (χ0n) is 11.8. The van der Waals surface area contributed by atoms with Crippen LogP contribution in [0.5, 0.6) is 0 Å². The third-order valence-electron chi connectivity index (χ3n) is 3.73. The van der Waals surface area contributed by atoms with Gasteiger partial charge in [0.2, 0.25) is 10.0 Å². The number of hydrogen-bond donors (Lipinski definition) is 0. The highest BCUT2D eigenvalue weighted by molar-refractivity contribution is 7.89. The van der Waals surface area contributed by atoms with Crippen molar-refractivity contribution in [1.82, 2.24) is 4.31 Å². The van der Waals surface area contributed by atoms with E-state index in [9.17, 15) is 8.42 Å². The Morgan fingerprint density at radius 1 is 1.45 bits per heavy atom. The van der Waals surface area contributed by atoms with E-state index >= 15 is 0 Å². The van der Waals surface area contributed by atoms with E-state index in [4.69, 9.17) is 16.3 Å². The molecule has 1 unspecified atom stereocenters. The van der Waals surface area contributed by atoms with Gasteiger partial charge >= 0.3 is 0 Å². The molecule has 0 N–H and O–H groups in total. The molecular weight excluding hydrogens is 298 g/mol. The second kappa shape index (κ2) is 6.43. The largest absolute Gasteiger partial charge is 0.380 e. The molecule has 1 aliphatic heterocycles. The molecule has 2 rings (SSSR count). The summed E-state index contributed by atoms with van der Waals surface area (Å²) in [6.45, 7) is 2.89. The lowest BCUT2D eigenvalue weighted by atomic mass is 10.1. The molecule has 1 saturated heterocycles. The number of ether oxygens (including phenoxy) is 1. The van der Waals surface area contributed by atoms with Gasteiger partial charge < -0.3 is 4.74 Å². The summed E-state index contributed by atoms with van der Waals surface area (Å²) in [4.78, 5) is 0.384. The zero-order valence-corrected chi connectivity index (χ0v) is 13.4. The van der Waals surface area contributed by atoms with Crippen molar-refractivity contribution in [2.75, 3.05) is 20.2 Å². The summed E-state index contributed by atoms with van der Waals surface area (Å²) in [5, 5.41) is 0. The van der Waals surface area contributed by atoms with E-state index in [-0.39, 0.29) is 6.10 Å². The standard InChI is InChI=1S/C14H20ClNO3S/c1-3-12-5-4-11(9-15)8-14(12)20(17,18)16-7-6-13(10-16)19-2/h4-5,8,13H,3,6-7,9-10H2,1-2H3. The molecule has 1 aromatic carbocycles. The number of sulfonamides is 1. The van der Waals surface area contributed by atoms with Gasteiger partial charge in [0.05, 0.1) is 11.0 Å². The van der Waals surface area contributed by atoms with E-state index in [1.165, 1.54) is 4.31 Å². The van der Waals surface area contributed by atoms with Gasteiger partial charge in [0.1, 0.15) is 0 Å². The lowest BCUT2D eigenvalue weighted by Gasteiger charge is -2.19. The zero-order chi connectivity index (χ0) is 14.8. The van der Waals surface area contributed by atoms with Gasteiger partial charge in [0.25, 0.3) is 0 Å². The Kier molecular flexibility index (Phi) is 5.07. The molecule has 1 aliphatic rings. The van der Waals surface area contributed by atoms with Crippen LogP contribution in [0.4, 0.5) is 0 Å². The predicted octanol–water partition coefficient (Wildman–Crippen LogP) is 2.40. The first-order chi connectivity index (χ1) is 9.52. The summed E-state index contributed by atoms with van der Waals surface area (Å²) in [6.07, 6.45) is 1.41. The van der Waals surface area contributed by atoms with Gasteiger partial charge in [0.15, 0.2) is 0 Å². The van der Waals surface area contributed by atoms with Crippen LogP contribution in [0.1, 0.15) is 24.5 Å². The minimum atomic E-state index is -3.46. The SMILES string of the molecule is CCc1ccc(CCl)cc1S(=O)(=O)N1CCC(OC)C1. The molecule has 0 amide bonds. The molecule has 1 heterocycles. The van der Waals surface area contributed by atoms with Crippen molar-refractivity contribution in [2.45, 2.75) is 36.6 Å². The van der Waals surface area contributed by atoms with Crippen molar-refractivity contribution in [1.29, 1.82) is 0 Å². The predicted molar refractivity (Wildman–Crippen MR) is 79.5 cm³/mol. The van der Waals surface area contributed by atoms with E-state index in [1.54, 1.807) is 13.2 Å². The van der Waals surface area contributed by atoms with Gasteiger partial charge in [-0.1, -0.05) is 19.1 Å². The van der Waals surface area contributed by atoms with Crippen LogP contribution in [0.2, 0.25) is 0 Å². The molecular formula is C14H20ClNO3S. The summed E-state index contributed by atoms with van der Waals surface area (Å²) in [5.74, 6) is 0.313. The monoisotopic (exact) mass is 317 g/mol. The number of rotatable bonds is 5. The summed E-state index contributed by atoms with van der Waals surface area (Å²) in [6, 6.07) is 5.43. The average molecular weight is 318 g/mol. The maximum absolute atomic E-state index is 12.8. The van der Waals surface area contributed by atoms with Gasteiger partial charge in [-0.25, -0.2) is 8.42 Å². The quantitative estimate of drug-likeness (QED) is 0.783. The molecule has 0 bridgehead atoms. The molecule has 6 heteroatoms. The van der Waals surface area contributed by atoms with Gasteiger partial charge in [-0.2, -0.15) is 4.31 Å². The van der Waals surface area contributed by atoms with E-state index in [2.05, 4.69) is 0 Å². The Bertz CT molecular complexity index is 574. The number of aryl methyl sites for hydroxylation is 1. The van der Waals surface area contributed by atoms with Crippen LogP contribution in [0.3, 0.4) is 0 Å². The third-order valence-corrected chi connectivity index (χ3v) is 5.98. The van der Waals surface area contributed by atoms with Crippen molar-refractivity contribution in [3.8, 4) is 0 Å². The third kappa shape index (κ3) is 3.01. The van der Waals surface area contributed by atoms with E-state index in [1.807, 2.05) is 19.1 Å². The number of halogens is 1. The molecule has 0 spiro atoms. The fraction of sp³-hybridized carbons (Fsp3) is 0.571. The molecule has 1 aromatic rings. The highest BCUT2D eigenvalue weighted by Gasteiger charge is 2.33. The highest BCUT2D eigenvalue weighted by atomic mass is 35.5. The van der Waals surface area contributed by atoms with Crippen LogP contribution >= 0.6 is 11.6 Å². The molecule has 112 valence electrons. The van der Waals surface area contributed by atoms with Gasteiger partial charge in [-0.05, 0) is 30.0 Å². The lowest BCUT2D eigenvalue weighted by molar-refractivity contribution is 0.115. The van der Waals surface area contributed by atoms with Crippen molar-refractivity contribution < 1.29 is 13.2 Å². The molecule has 0 aliphatic carbocycles. The Morgan fingerprint density at radius 3 is 2.75 bits per heavy atom. The van der Waals surface area contributed by atoms with Gasteiger partial charge in [-0.3, -0.25) is 0 Å². The second-order valence-corrected chi connectivity index (χ2v) is 7.11.